The average Bonchev–Trinajstić information content (AvgIpc) is 4.13. The smallest absolute Gasteiger partial charge is 0.338 e. The summed E-state index contributed by atoms with van der Waals surface area (Å²) in [5.74, 6) is -7.07. The van der Waals surface area contributed by atoms with Crippen LogP contribution >= 0.6 is 0 Å². The van der Waals surface area contributed by atoms with Crippen molar-refractivity contribution in [3.63, 3.8) is 0 Å². The molecule has 3 aromatic rings. The Balaban J connectivity index is 1.28. The number of rotatable bonds is 11. The number of carbonyl (C=O) groups is 6. The molecule has 11 atom stereocenters. The number of carbonyl (C=O) groups excluding carboxylic acids is 6. The molecule has 338 valence electrons. The van der Waals surface area contributed by atoms with E-state index in [4.69, 9.17) is 23.7 Å². The number of hydrogen-bond donors (Lipinski definition) is 4. The molecule has 64 heavy (non-hydrogen) atoms. The Morgan fingerprint density at radius 3 is 2.00 bits per heavy atom. The highest BCUT2D eigenvalue weighted by Crippen LogP contribution is 2.64. The van der Waals surface area contributed by atoms with Crippen molar-refractivity contribution in [2.45, 2.75) is 114 Å². The molecular weight excluding hydrogens is 827 g/mol. The molecule has 0 spiro atoms. The molecule has 1 amide bonds. The van der Waals surface area contributed by atoms with Gasteiger partial charge in [-0.3, -0.25) is 19.2 Å². The van der Waals surface area contributed by atoms with E-state index in [2.05, 4.69) is 5.32 Å². The van der Waals surface area contributed by atoms with E-state index in [1.54, 1.807) is 99.6 Å². The van der Waals surface area contributed by atoms with Gasteiger partial charge in [-0.1, -0.05) is 80.6 Å². The van der Waals surface area contributed by atoms with Gasteiger partial charge >= 0.3 is 23.9 Å². The molecule has 0 aromatic heterocycles. The Hall–Kier alpha value is -5.74. The summed E-state index contributed by atoms with van der Waals surface area (Å²) in [6.07, 6.45) is -9.40. The third-order valence-corrected chi connectivity index (χ3v) is 14.3. The van der Waals surface area contributed by atoms with Crippen LogP contribution in [0.5, 0.6) is 0 Å². The second-order valence-electron chi connectivity index (χ2n) is 18.5. The molecule has 1 saturated heterocycles. The maximum atomic E-state index is 15.7. The third-order valence-electron chi connectivity index (χ3n) is 14.3. The van der Waals surface area contributed by atoms with Crippen molar-refractivity contribution in [1.82, 2.24) is 5.32 Å². The lowest BCUT2D eigenvalue weighted by Gasteiger charge is -2.67. The molecule has 8 rings (SSSR count). The second-order valence-corrected chi connectivity index (χ2v) is 18.5. The van der Waals surface area contributed by atoms with Crippen LogP contribution in [0.1, 0.15) is 92.6 Å². The lowest BCUT2D eigenvalue weighted by molar-refractivity contribution is -0.346. The Bertz CT molecular complexity index is 2370. The lowest BCUT2D eigenvalue weighted by Crippen LogP contribution is -2.82. The number of aliphatic hydroxyl groups is 3. The van der Waals surface area contributed by atoms with Gasteiger partial charge in [-0.15, -0.1) is 0 Å². The van der Waals surface area contributed by atoms with Gasteiger partial charge in [0.1, 0.15) is 23.9 Å². The highest BCUT2D eigenvalue weighted by atomic mass is 16.6. The van der Waals surface area contributed by atoms with Gasteiger partial charge in [0, 0.05) is 30.7 Å². The average molecular weight is 880 g/mol. The van der Waals surface area contributed by atoms with Crippen LogP contribution in [0.2, 0.25) is 0 Å². The number of aliphatic hydroxyl groups excluding tert-OH is 2. The van der Waals surface area contributed by atoms with Crippen LogP contribution < -0.4 is 5.32 Å². The Morgan fingerprint density at radius 1 is 0.844 bits per heavy atom. The van der Waals surface area contributed by atoms with E-state index in [-0.39, 0.29) is 35.3 Å². The number of ether oxygens (including phenoxy) is 5. The summed E-state index contributed by atoms with van der Waals surface area (Å²) in [6, 6.07) is 23.1. The first-order valence-corrected chi connectivity index (χ1v) is 21.6. The number of fused-ring (bicyclic) bond motifs is 5. The van der Waals surface area contributed by atoms with E-state index < -0.39 is 119 Å². The van der Waals surface area contributed by atoms with E-state index in [0.29, 0.717) is 18.4 Å². The molecule has 5 aliphatic rings. The summed E-state index contributed by atoms with van der Waals surface area (Å²) < 4.78 is 30.8. The number of amides is 1. The highest BCUT2D eigenvalue weighted by molar-refractivity contribution is 5.96. The van der Waals surface area contributed by atoms with E-state index in [1.807, 2.05) is 0 Å². The maximum absolute atomic E-state index is 15.7. The fourth-order valence-corrected chi connectivity index (χ4v) is 10.5. The molecule has 3 aromatic carbocycles. The molecule has 4 N–H and O–H groups in total. The number of benzene rings is 3. The lowest BCUT2D eigenvalue weighted by atomic mass is 9.44. The van der Waals surface area contributed by atoms with Crippen LogP contribution in [0.3, 0.4) is 0 Å². The van der Waals surface area contributed by atoms with E-state index >= 15 is 4.79 Å². The minimum atomic E-state index is -2.39. The summed E-state index contributed by atoms with van der Waals surface area (Å²) in [7, 11) is 0. The number of ketones is 1. The van der Waals surface area contributed by atoms with Crippen LogP contribution in [-0.4, -0.2) is 105 Å². The first kappa shape index (κ1) is 44.9. The largest absolute Gasteiger partial charge is 0.456 e. The van der Waals surface area contributed by atoms with Gasteiger partial charge in [0.25, 0.3) is 5.91 Å². The molecule has 4 fully saturated rings. The van der Waals surface area contributed by atoms with Gasteiger partial charge in [0.2, 0.25) is 0 Å². The minimum absolute atomic E-state index is 0.0330. The van der Waals surface area contributed by atoms with Crippen LogP contribution in [0.15, 0.2) is 102 Å². The monoisotopic (exact) mass is 879 g/mol. The van der Waals surface area contributed by atoms with Gasteiger partial charge in [0.05, 0.1) is 41.6 Å². The number of Topliss-reactive ketones (excluding diaryl/α,β-unsaturated/α-hetero) is 1. The van der Waals surface area contributed by atoms with Crippen LogP contribution in [0, 0.1) is 22.7 Å². The summed E-state index contributed by atoms with van der Waals surface area (Å²) in [4.78, 5) is 84.8. The van der Waals surface area contributed by atoms with E-state index in [0.717, 1.165) is 6.92 Å². The van der Waals surface area contributed by atoms with Crippen molar-refractivity contribution in [3.05, 3.63) is 119 Å². The van der Waals surface area contributed by atoms with Crippen molar-refractivity contribution in [2.24, 2.45) is 22.7 Å². The van der Waals surface area contributed by atoms with Gasteiger partial charge in [-0.05, 0) is 67.7 Å². The maximum Gasteiger partial charge on any atom is 0.338 e. The van der Waals surface area contributed by atoms with Crippen molar-refractivity contribution >= 4 is 35.6 Å². The first-order chi connectivity index (χ1) is 30.3. The van der Waals surface area contributed by atoms with Crippen molar-refractivity contribution < 1.29 is 67.8 Å². The molecular formula is C49H53NO14. The number of nitrogens with one attached hydrogen (secondary N) is 1. The van der Waals surface area contributed by atoms with Gasteiger partial charge in [0.15, 0.2) is 23.6 Å². The standard InChI is InChI=1S/C49H53NO14/c1-26-32(61-45(58)37(53)36(28-15-9-6-10-16-28)50-42(55)29-17-11-7-12-18-29)24-49(59)41(63-44(57)30-19-13-8-14-20-30)39-47(5,33(52)23-34-48(39,25-60-34)64-27(2)51)40(54)38(35(26)46(49,3)4)62-43(56)31-21-22-31/h6-20,31-34,36-39,41,52-53,59H,21-25H2,1-5H3,(H,50,55)/t32-,33-,34+,36-,37+,38+,39?,41-,47+,48-,49+/m0/s1. The summed E-state index contributed by atoms with van der Waals surface area (Å²) in [5.41, 5.74) is -6.91. The van der Waals surface area contributed by atoms with Crippen molar-refractivity contribution in [1.29, 1.82) is 0 Å². The predicted molar refractivity (Wildman–Crippen MR) is 225 cm³/mol. The summed E-state index contributed by atoms with van der Waals surface area (Å²) >= 11 is 0. The van der Waals surface area contributed by atoms with Crippen LogP contribution in [-0.2, 0) is 42.9 Å². The van der Waals surface area contributed by atoms with Crippen LogP contribution in [0.4, 0.5) is 0 Å². The van der Waals surface area contributed by atoms with Gasteiger partial charge in [-0.25, -0.2) is 9.59 Å². The van der Waals surface area contributed by atoms with E-state index in [9.17, 15) is 39.3 Å². The van der Waals surface area contributed by atoms with Gasteiger partial charge < -0.3 is 44.3 Å². The molecule has 3 saturated carbocycles. The van der Waals surface area contributed by atoms with E-state index in [1.165, 1.54) is 19.1 Å². The zero-order chi connectivity index (χ0) is 45.9. The van der Waals surface area contributed by atoms with Crippen LogP contribution in [0.25, 0.3) is 0 Å². The Labute approximate surface area is 370 Å². The molecule has 15 nitrogen and oxygen atoms in total. The normalized spacial score (nSPS) is 32.4. The fourth-order valence-electron chi connectivity index (χ4n) is 10.5. The predicted octanol–water partition coefficient (Wildman–Crippen LogP) is 4.13. The molecule has 1 heterocycles. The van der Waals surface area contributed by atoms with Gasteiger partial charge in [-0.2, -0.15) is 0 Å². The second kappa shape index (κ2) is 16.7. The Morgan fingerprint density at radius 2 is 1.44 bits per heavy atom. The van der Waals surface area contributed by atoms with Crippen molar-refractivity contribution in [3.8, 4) is 0 Å². The molecule has 15 heteroatoms. The summed E-state index contributed by atoms with van der Waals surface area (Å²) in [5, 5.41) is 40.6. The number of hydrogen-bond acceptors (Lipinski definition) is 14. The minimum Gasteiger partial charge on any atom is -0.456 e. The van der Waals surface area contributed by atoms with Crippen molar-refractivity contribution in [2.75, 3.05) is 6.61 Å². The number of esters is 4. The summed E-state index contributed by atoms with van der Waals surface area (Å²) in [6.45, 7) is 7.03. The molecule has 0 radical (unpaired) electrons. The molecule has 2 bridgehead atoms. The fraction of sp³-hybridized carbons (Fsp3) is 0.469. The molecule has 1 unspecified atom stereocenters. The molecule has 1 aliphatic heterocycles. The zero-order valence-electron chi connectivity index (χ0n) is 36.2. The topological polar surface area (TPSA) is 221 Å². The quantitative estimate of drug-likeness (QED) is 0.121. The first-order valence-electron chi connectivity index (χ1n) is 21.6. The highest BCUT2D eigenvalue weighted by Gasteiger charge is 2.78. The Kier molecular flexibility index (Phi) is 11.7. The molecule has 4 aliphatic carbocycles. The SMILES string of the molecule is CC(=O)O[C@@]12CO[C@@H]1C[C@H](O)[C@@]1(C)C(=O)[C@H](OC(=O)C3CC3)C3=C(C)[C@@H](OC(=O)[C@H](O)[C@@H](NC(=O)c4ccccc4)c4ccccc4)C[C@@](O)([C@@H](OC(=O)c4ccccc4)C12)C3(C)C. The third kappa shape index (κ3) is 7.41. The zero-order valence-corrected chi connectivity index (χ0v) is 36.2.